The van der Waals surface area contributed by atoms with Crippen molar-refractivity contribution in [3.8, 4) is 0 Å². The number of Topliss-reactive ketones (excluding diaryl/α,β-unsaturated/α-hetero) is 1. The first-order valence-electron chi connectivity index (χ1n) is 24.5. The van der Waals surface area contributed by atoms with Gasteiger partial charge in [0.25, 0.3) is 0 Å². The SMILES string of the molecule is CC(C)(C)C[C@H]1N[C@@H](C(=O)CCCN2CCOCC2)[C@H](c2cccc(Cl)c2F)[C@@]12C(=O)Nc1cc(Cl)ccc12.CN(C)C(=O)[C@@H]1N[C@H](CC(C)(C)C)[C@]2(C(=O)Nc3cc(Cl)ccc32)[C@H]1c1cccc(Cl)c1. The number of nitrogens with one attached hydrogen (secondary N) is 4. The Bertz CT molecular complexity index is 2700. The molecule has 16 heteroatoms. The van der Waals surface area contributed by atoms with Gasteiger partial charge in [0.2, 0.25) is 17.7 Å². The molecule has 0 radical (unpaired) electrons. The topological polar surface area (TPSA) is 132 Å². The lowest BCUT2D eigenvalue weighted by atomic mass is 9.62. The average Bonchev–Trinajstić information content (AvgIpc) is 3.98. The monoisotopic (exact) mass is 1050 g/mol. The van der Waals surface area contributed by atoms with Crippen molar-refractivity contribution in [1.29, 1.82) is 0 Å². The first kappa shape index (κ1) is 53.2. The van der Waals surface area contributed by atoms with E-state index in [1.165, 1.54) is 6.07 Å². The van der Waals surface area contributed by atoms with Gasteiger partial charge in [-0.25, -0.2) is 4.39 Å². The summed E-state index contributed by atoms with van der Waals surface area (Å²) in [4.78, 5) is 59.3. The highest BCUT2D eigenvalue weighted by atomic mass is 35.5. The summed E-state index contributed by atoms with van der Waals surface area (Å²) in [6.07, 6.45) is 2.30. The van der Waals surface area contributed by atoms with Crippen LogP contribution in [0.2, 0.25) is 20.1 Å². The van der Waals surface area contributed by atoms with Crippen LogP contribution in [0.15, 0.2) is 78.9 Å². The minimum absolute atomic E-state index is 0.0290. The molecule has 380 valence electrons. The summed E-state index contributed by atoms with van der Waals surface area (Å²) >= 11 is 25.2. The molecular formula is C55H65Cl4FN6O5. The van der Waals surface area contributed by atoms with Gasteiger partial charge in [-0.1, -0.05) is 124 Å². The van der Waals surface area contributed by atoms with Gasteiger partial charge in [0.15, 0.2) is 0 Å². The largest absolute Gasteiger partial charge is 0.379 e. The second-order valence-corrected chi connectivity index (χ2v) is 24.1. The predicted molar refractivity (Wildman–Crippen MR) is 282 cm³/mol. The van der Waals surface area contributed by atoms with Crippen LogP contribution in [-0.4, -0.2) is 104 Å². The summed E-state index contributed by atoms with van der Waals surface area (Å²) in [5.41, 5.74) is 1.59. The van der Waals surface area contributed by atoms with Crippen LogP contribution in [-0.2, 0) is 34.7 Å². The maximum atomic E-state index is 15.8. The number of hydrogen-bond acceptors (Lipinski definition) is 8. The number of fused-ring (bicyclic) bond motifs is 4. The molecular weight excluding hydrogens is 985 g/mol. The van der Waals surface area contributed by atoms with Gasteiger partial charge < -0.3 is 30.9 Å². The highest BCUT2D eigenvalue weighted by Crippen LogP contribution is 2.59. The van der Waals surface area contributed by atoms with Crippen LogP contribution in [0.25, 0.3) is 0 Å². The summed E-state index contributed by atoms with van der Waals surface area (Å²) in [5.74, 6) is -2.29. The number of ketones is 1. The van der Waals surface area contributed by atoms with Crippen molar-refractivity contribution in [2.75, 3.05) is 57.6 Å². The zero-order chi connectivity index (χ0) is 51.4. The Kier molecular flexibility index (Phi) is 15.5. The zero-order valence-corrected chi connectivity index (χ0v) is 44.7. The summed E-state index contributed by atoms with van der Waals surface area (Å²) in [7, 11) is 3.48. The molecule has 5 aliphatic heterocycles. The van der Waals surface area contributed by atoms with E-state index in [2.05, 4.69) is 67.7 Å². The van der Waals surface area contributed by atoms with Crippen molar-refractivity contribution in [2.45, 2.75) is 114 Å². The molecule has 4 N–H and O–H groups in total. The maximum absolute atomic E-state index is 15.8. The molecule has 0 unspecified atom stereocenters. The molecule has 4 aromatic rings. The van der Waals surface area contributed by atoms with Gasteiger partial charge in [-0.2, -0.15) is 0 Å². The van der Waals surface area contributed by atoms with Crippen LogP contribution < -0.4 is 21.3 Å². The zero-order valence-electron chi connectivity index (χ0n) is 41.7. The number of benzene rings is 4. The predicted octanol–water partition coefficient (Wildman–Crippen LogP) is 10.4. The minimum Gasteiger partial charge on any atom is -0.379 e. The minimum atomic E-state index is -1.22. The fraction of sp³-hybridized carbons (Fsp3) is 0.491. The molecule has 3 saturated heterocycles. The molecule has 3 amide bonds. The first-order valence-corrected chi connectivity index (χ1v) is 26.0. The van der Waals surface area contributed by atoms with Crippen molar-refractivity contribution < 1.29 is 28.3 Å². The smallest absolute Gasteiger partial charge is 0.239 e. The van der Waals surface area contributed by atoms with Gasteiger partial charge in [-0.3, -0.25) is 24.1 Å². The molecule has 5 aliphatic rings. The van der Waals surface area contributed by atoms with Crippen LogP contribution in [0.4, 0.5) is 15.8 Å². The Morgan fingerprint density at radius 2 is 1.24 bits per heavy atom. The molecule has 5 heterocycles. The quantitative estimate of drug-likeness (QED) is 0.124. The fourth-order valence-electron chi connectivity index (χ4n) is 12.0. The van der Waals surface area contributed by atoms with E-state index in [-0.39, 0.29) is 51.0 Å². The standard InChI is InChI=1S/C30H36Cl2FN3O3.C25H29Cl2N3O2/c1-29(2,3)17-24-30(20-10-9-18(31)16-22(20)34-28(30)38)25(19-6-4-7-21(32)26(19)33)27(35-24)23(37)8-5-11-36-12-14-39-15-13-36;1-24(2,3)13-19-25(17-10-9-16(27)12-18(17)28-23(25)32)20(14-7-6-8-15(26)11-14)21(29-19)22(31)30(4)5/h4,6-7,9-10,16,24-25,27,35H,5,8,11-15,17H2,1-3H3,(H,34,38);6-12,19-21,29H,13H2,1-5H3,(H,28,32)/t24-,25+,27+,30+;19-,20+,21-,25+/m11/s1. The molecule has 3 fully saturated rings. The number of anilines is 2. The lowest BCUT2D eigenvalue weighted by Crippen LogP contribution is -2.49. The van der Waals surface area contributed by atoms with E-state index in [1.807, 2.05) is 36.4 Å². The second-order valence-electron chi connectivity index (χ2n) is 22.4. The Labute approximate surface area is 437 Å². The highest BCUT2D eigenvalue weighted by molar-refractivity contribution is 6.32. The van der Waals surface area contributed by atoms with Crippen molar-refractivity contribution >= 4 is 81.3 Å². The second kappa shape index (κ2) is 20.7. The highest BCUT2D eigenvalue weighted by Gasteiger charge is 2.67. The van der Waals surface area contributed by atoms with Gasteiger partial charge in [0, 0.05) is 84.0 Å². The third kappa shape index (κ3) is 10.3. The number of nitrogens with zero attached hydrogens (tertiary/aromatic N) is 2. The number of likely N-dealkylation sites (N-methyl/N-ethyl adjacent to an activating group) is 1. The van der Waals surface area contributed by atoms with Crippen molar-refractivity contribution in [2.24, 2.45) is 10.8 Å². The normalized spacial score (nSPS) is 27.0. The number of rotatable bonds is 10. The molecule has 2 spiro atoms. The van der Waals surface area contributed by atoms with Crippen molar-refractivity contribution in [3.05, 3.63) is 127 Å². The Morgan fingerprint density at radius 1 is 0.718 bits per heavy atom. The molecule has 9 rings (SSSR count). The lowest BCUT2D eigenvalue weighted by Gasteiger charge is -2.37. The molecule has 11 nitrogen and oxygen atoms in total. The van der Waals surface area contributed by atoms with E-state index >= 15 is 4.39 Å². The van der Waals surface area contributed by atoms with Crippen LogP contribution in [0.1, 0.15) is 101 Å². The average molecular weight is 1050 g/mol. The first-order chi connectivity index (χ1) is 33.5. The molecule has 0 bridgehead atoms. The molecule has 0 aliphatic carbocycles. The molecule has 8 atom stereocenters. The number of hydrogen-bond donors (Lipinski definition) is 4. The van der Waals surface area contributed by atoms with Crippen LogP contribution in [0.3, 0.4) is 0 Å². The van der Waals surface area contributed by atoms with Gasteiger partial charge in [0.1, 0.15) is 22.4 Å². The molecule has 0 aromatic heterocycles. The van der Waals surface area contributed by atoms with Gasteiger partial charge >= 0.3 is 0 Å². The lowest BCUT2D eigenvalue weighted by molar-refractivity contribution is -0.131. The van der Waals surface area contributed by atoms with Gasteiger partial charge in [0.05, 0.1) is 30.3 Å². The van der Waals surface area contributed by atoms with Crippen LogP contribution >= 0.6 is 46.4 Å². The van der Waals surface area contributed by atoms with E-state index in [9.17, 15) is 19.2 Å². The number of carbonyl (C=O) groups is 4. The Morgan fingerprint density at radius 3 is 1.77 bits per heavy atom. The third-order valence-corrected chi connectivity index (χ3v) is 15.8. The van der Waals surface area contributed by atoms with Crippen LogP contribution in [0, 0.1) is 16.6 Å². The van der Waals surface area contributed by atoms with E-state index < -0.39 is 46.6 Å². The third-order valence-electron chi connectivity index (χ3n) is 14.8. The number of amides is 3. The van der Waals surface area contributed by atoms with Crippen molar-refractivity contribution in [1.82, 2.24) is 20.4 Å². The van der Waals surface area contributed by atoms with E-state index in [1.54, 1.807) is 55.4 Å². The number of halogens is 5. The van der Waals surface area contributed by atoms with E-state index in [0.29, 0.717) is 65.3 Å². The molecule has 4 aromatic carbocycles. The Hall–Kier alpha value is -4.11. The summed E-state index contributed by atoms with van der Waals surface area (Å²) in [5, 5.41) is 14.8. The van der Waals surface area contributed by atoms with Gasteiger partial charge in [-0.05, 0) is 101 Å². The van der Waals surface area contributed by atoms with Crippen LogP contribution in [0.5, 0.6) is 0 Å². The summed E-state index contributed by atoms with van der Waals surface area (Å²) < 4.78 is 21.2. The number of morpholine rings is 1. The van der Waals surface area contributed by atoms with Crippen molar-refractivity contribution in [3.63, 3.8) is 0 Å². The Balaban J connectivity index is 0.000000194. The maximum Gasteiger partial charge on any atom is 0.239 e. The molecule has 0 saturated carbocycles. The van der Waals surface area contributed by atoms with E-state index in [4.69, 9.17) is 51.1 Å². The van der Waals surface area contributed by atoms with E-state index in [0.717, 1.165) is 36.3 Å². The van der Waals surface area contributed by atoms with Gasteiger partial charge in [-0.15, -0.1) is 0 Å². The number of ether oxygens (including phenoxy) is 1. The molecule has 71 heavy (non-hydrogen) atoms. The fourth-order valence-corrected chi connectivity index (χ4v) is 12.8. The summed E-state index contributed by atoms with van der Waals surface area (Å²) in [6, 6.07) is 21.1. The summed E-state index contributed by atoms with van der Waals surface area (Å²) in [6.45, 7) is 16.6. The number of carbonyl (C=O) groups excluding carboxylic acids is 4.